The van der Waals surface area contributed by atoms with Gasteiger partial charge in [0.2, 0.25) is 10.0 Å². The molecule has 1 unspecified atom stereocenters. The number of thiophene rings is 1. The summed E-state index contributed by atoms with van der Waals surface area (Å²) in [7, 11) is -3.63. The fourth-order valence-corrected chi connectivity index (χ4v) is 2.86. The number of sulfonamides is 1. The van der Waals surface area contributed by atoms with E-state index in [1.54, 1.807) is 5.38 Å². The average Bonchev–Trinajstić information content (AvgIpc) is 2.67. The molecule has 0 saturated carbocycles. The molecule has 1 heterocycles. The Labute approximate surface area is 103 Å². The minimum Gasteiger partial charge on any atom is -0.480 e. The summed E-state index contributed by atoms with van der Waals surface area (Å²) in [6.07, 6.45) is 0. The molecule has 4 N–H and O–H groups in total. The molecule has 1 aromatic rings. The zero-order valence-electron chi connectivity index (χ0n) is 7.99. The molecule has 0 aromatic carbocycles. The molecule has 0 saturated heterocycles. The zero-order valence-corrected chi connectivity index (χ0v) is 10.4. The predicted molar refractivity (Wildman–Crippen MR) is 62.4 cm³/mol. The Kier molecular flexibility index (Phi) is 5.90. The molecule has 0 aliphatic carbocycles. The lowest BCUT2D eigenvalue weighted by atomic mass is 10.3. The quantitative estimate of drug-likeness (QED) is 0.698. The molecule has 1 rings (SSSR count). The van der Waals surface area contributed by atoms with E-state index in [2.05, 4.69) is 4.72 Å². The number of nitrogens with one attached hydrogen (secondary N) is 1. The van der Waals surface area contributed by atoms with Crippen molar-refractivity contribution < 1.29 is 18.3 Å². The topological polar surface area (TPSA) is 109 Å². The second-order valence-corrected chi connectivity index (χ2v) is 5.30. The van der Waals surface area contributed by atoms with Gasteiger partial charge >= 0.3 is 5.97 Å². The first-order valence-corrected chi connectivity index (χ1v) is 6.36. The van der Waals surface area contributed by atoms with Crippen LogP contribution in [-0.2, 0) is 14.8 Å². The number of nitrogens with two attached hydrogens (primary N) is 1. The van der Waals surface area contributed by atoms with Gasteiger partial charge in [0.05, 0.1) is 4.90 Å². The molecule has 0 aliphatic heterocycles. The maximum Gasteiger partial charge on any atom is 0.321 e. The molecule has 0 amide bonds. The van der Waals surface area contributed by atoms with E-state index in [0.717, 1.165) is 0 Å². The van der Waals surface area contributed by atoms with Gasteiger partial charge in [-0.2, -0.15) is 11.3 Å². The third-order valence-electron chi connectivity index (χ3n) is 1.62. The number of hydrogen-bond donors (Lipinski definition) is 3. The van der Waals surface area contributed by atoms with Crippen molar-refractivity contribution in [3.63, 3.8) is 0 Å². The van der Waals surface area contributed by atoms with Crippen molar-refractivity contribution in [2.24, 2.45) is 5.73 Å². The van der Waals surface area contributed by atoms with E-state index in [-0.39, 0.29) is 23.8 Å². The van der Waals surface area contributed by atoms with Gasteiger partial charge in [-0.1, -0.05) is 0 Å². The van der Waals surface area contributed by atoms with Crippen molar-refractivity contribution in [3.05, 3.63) is 16.8 Å². The van der Waals surface area contributed by atoms with Crippen molar-refractivity contribution in [2.75, 3.05) is 6.54 Å². The number of carboxylic acid groups (broad SMARTS) is 1. The molecule has 9 heteroatoms. The SMILES string of the molecule is Cl.NC(CNS(=O)(=O)c1ccsc1)C(=O)O. The fourth-order valence-electron chi connectivity index (χ4n) is 0.775. The molecule has 0 fully saturated rings. The van der Waals surface area contributed by atoms with E-state index in [4.69, 9.17) is 10.8 Å². The van der Waals surface area contributed by atoms with Gasteiger partial charge in [-0.05, 0) is 11.4 Å². The second kappa shape index (κ2) is 6.16. The van der Waals surface area contributed by atoms with E-state index < -0.39 is 22.0 Å². The summed E-state index contributed by atoms with van der Waals surface area (Å²) in [4.78, 5) is 10.5. The maximum absolute atomic E-state index is 11.5. The van der Waals surface area contributed by atoms with Crippen LogP contribution in [0, 0.1) is 0 Å². The van der Waals surface area contributed by atoms with Crippen molar-refractivity contribution in [3.8, 4) is 0 Å². The highest BCUT2D eigenvalue weighted by Crippen LogP contribution is 2.12. The van der Waals surface area contributed by atoms with Crippen molar-refractivity contribution in [2.45, 2.75) is 10.9 Å². The number of carboxylic acids is 1. The molecule has 0 radical (unpaired) electrons. The van der Waals surface area contributed by atoms with E-state index in [1.165, 1.54) is 22.8 Å². The maximum atomic E-state index is 11.5. The Morgan fingerprint density at radius 3 is 2.69 bits per heavy atom. The van der Waals surface area contributed by atoms with E-state index in [1.807, 2.05) is 0 Å². The van der Waals surface area contributed by atoms with E-state index >= 15 is 0 Å². The fraction of sp³-hybridized carbons (Fsp3) is 0.286. The highest BCUT2D eigenvalue weighted by Gasteiger charge is 2.18. The van der Waals surface area contributed by atoms with Crippen LogP contribution >= 0.6 is 23.7 Å². The molecular formula is C7H11ClN2O4S2. The largest absolute Gasteiger partial charge is 0.480 e. The molecule has 1 aromatic heterocycles. The van der Waals surface area contributed by atoms with Gasteiger partial charge in [0.15, 0.2) is 0 Å². The van der Waals surface area contributed by atoms with Gasteiger partial charge in [0.1, 0.15) is 6.04 Å². The molecular weight excluding hydrogens is 276 g/mol. The first-order valence-electron chi connectivity index (χ1n) is 3.94. The first kappa shape index (κ1) is 15.3. The van der Waals surface area contributed by atoms with Crippen LogP contribution in [0.5, 0.6) is 0 Å². The van der Waals surface area contributed by atoms with Crippen LogP contribution in [0.15, 0.2) is 21.7 Å². The summed E-state index contributed by atoms with van der Waals surface area (Å²) in [5.41, 5.74) is 5.15. The van der Waals surface area contributed by atoms with Gasteiger partial charge in [-0.3, -0.25) is 4.79 Å². The summed E-state index contributed by atoms with van der Waals surface area (Å²) in [5, 5.41) is 11.5. The van der Waals surface area contributed by atoms with Gasteiger partial charge in [0.25, 0.3) is 0 Å². The van der Waals surface area contributed by atoms with E-state index in [9.17, 15) is 13.2 Å². The predicted octanol–water partition coefficient (Wildman–Crippen LogP) is -0.140. The molecule has 0 aliphatic rings. The number of carbonyl (C=O) groups is 1. The third kappa shape index (κ3) is 4.06. The molecule has 1 atom stereocenters. The summed E-state index contributed by atoms with van der Waals surface area (Å²) >= 11 is 1.24. The van der Waals surface area contributed by atoms with Crippen LogP contribution in [0.2, 0.25) is 0 Å². The van der Waals surface area contributed by atoms with Crippen LogP contribution in [0.3, 0.4) is 0 Å². The molecule has 6 nitrogen and oxygen atoms in total. The van der Waals surface area contributed by atoms with Crippen LogP contribution in [-0.4, -0.2) is 32.1 Å². The minimum absolute atomic E-state index is 0. The van der Waals surface area contributed by atoms with Gasteiger partial charge in [0, 0.05) is 11.9 Å². The van der Waals surface area contributed by atoms with Crippen molar-refractivity contribution in [1.82, 2.24) is 4.72 Å². The summed E-state index contributed by atoms with van der Waals surface area (Å²) < 4.78 is 25.1. The van der Waals surface area contributed by atoms with Gasteiger partial charge in [-0.15, -0.1) is 12.4 Å². The molecule has 16 heavy (non-hydrogen) atoms. The Hall–Kier alpha value is -0.670. The number of aliphatic carboxylic acids is 1. The number of rotatable bonds is 5. The number of halogens is 1. The Bertz CT molecular complexity index is 431. The van der Waals surface area contributed by atoms with Crippen molar-refractivity contribution in [1.29, 1.82) is 0 Å². The Morgan fingerprint density at radius 2 is 2.25 bits per heavy atom. The highest BCUT2D eigenvalue weighted by molar-refractivity contribution is 7.89. The monoisotopic (exact) mass is 286 g/mol. The highest BCUT2D eigenvalue weighted by atomic mass is 35.5. The second-order valence-electron chi connectivity index (χ2n) is 2.76. The normalized spacial score (nSPS) is 12.8. The standard InChI is InChI=1S/C7H10N2O4S2.ClH/c8-6(7(10)11)3-9-15(12,13)5-1-2-14-4-5;/h1-2,4,6,9H,3,8H2,(H,10,11);1H. The lowest BCUT2D eigenvalue weighted by Crippen LogP contribution is -2.42. The lowest BCUT2D eigenvalue weighted by Gasteiger charge is -2.07. The lowest BCUT2D eigenvalue weighted by molar-refractivity contribution is -0.138. The molecule has 0 bridgehead atoms. The Morgan fingerprint density at radius 1 is 1.62 bits per heavy atom. The minimum atomic E-state index is -3.63. The number of hydrogen-bond acceptors (Lipinski definition) is 5. The summed E-state index contributed by atoms with van der Waals surface area (Å²) in [6, 6.07) is 0.192. The third-order valence-corrected chi connectivity index (χ3v) is 3.87. The Balaban J connectivity index is 0.00000225. The van der Waals surface area contributed by atoms with Gasteiger partial charge in [-0.25, -0.2) is 13.1 Å². The van der Waals surface area contributed by atoms with Crippen molar-refractivity contribution >= 4 is 39.7 Å². The van der Waals surface area contributed by atoms with Gasteiger partial charge < -0.3 is 10.8 Å². The molecule has 92 valence electrons. The first-order chi connectivity index (χ1) is 6.93. The molecule has 0 spiro atoms. The smallest absolute Gasteiger partial charge is 0.321 e. The summed E-state index contributed by atoms with van der Waals surface area (Å²) in [6.45, 7) is -0.326. The van der Waals surface area contributed by atoms with E-state index in [0.29, 0.717) is 0 Å². The van der Waals surface area contributed by atoms with Crippen LogP contribution < -0.4 is 10.5 Å². The average molecular weight is 287 g/mol. The van der Waals surface area contributed by atoms with Crippen LogP contribution in [0.4, 0.5) is 0 Å². The van der Waals surface area contributed by atoms with Crippen LogP contribution in [0.1, 0.15) is 0 Å². The van der Waals surface area contributed by atoms with Crippen LogP contribution in [0.25, 0.3) is 0 Å². The zero-order chi connectivity index (χ0) is 11.5. The summed E-state index contributed by atoms with van der Waals surface area (Å²) in [5.74, 6) is -1.25.